The summed E-state index contributed by atoms with van der Waals surface area (Å²) in [7, 11) is 0. The molecule has 32 heavy (non-hydrogen) atoms. The topological polar surface area (TPSA) is 38.8 Å². The Morgan fingerprint density at radius 2 is 1.81 bits per heavy atom. The Morgan fingerprint density at radius 1 is 1.06 bits per heavy atom. The fraction of sp³-hybridized carbons (Fsp3) is 0.625. The smallest absolute Gasteiger partial charge is 0.318 e. The molecule has 0 unspecified atom stereocenters. The van der Waals surface area contributed by atoms with Gasteiger partial charge in [-0.2, -0.15) is 0 Å². The molecule has 5 nitrogen and oxygen atoms in total. The molecule has 0 atom stereocenters. The second-order valence-electron chi connectivity index (χ2n) is 9.61. The minimum absolute atomic E-state index is 0.135. The van der Waals surface area contributed by atoms with E-state index in [-0.39, 0.29) is 12.1 Å². The number of nitrogens with zero attached hydrogens (tertiary/aromatic N) is 3. The van der Waals surface area contributed by atoms with Crippen LogP contribution in [0.1, 0.15) is 32.1 Å². The van der Waals surface area contributed by atoms with Gasteiger partial charge in [-0.3, -0.25) is 4.90 Å². The number of halogens is 2. The summed E-state index contributed by atoms with van der Waals surface area (Å²) < 4.78 is 27.3. The van der Waals surface area contributed by atoms with Crippen molar-refractivity contribution in [3.05, 3.63) is 29.6 Å². The van der Waals surface area contributed by atoms with E-state index in [0.29, 0.717) is 5.92 Å². The predicted molar refractivity (Wildman–Crippen MR) is 126 cm³/mol. The molecule has 2 amide bonds. The molecular weight excluding hydrogens is 430 g/mol. The lowest BCUT2D eigenvalue weighted by Gasteiger charge is -2.40. The first-order chi connectivity index (χ1) is 15.5. The van der Waals surface area contributed by atoms with Crippen LogP contribution in [-0.4, -0.2) is 73.6 Å². The summed E-state index contributed by atoms with van der Waals surface area (Å²) in [5.41, 5.74) is 1.37. The van der Waals surface area contributed by atoms with Crippen molar-refractivity contribution in [2.45, 2.75) is 44.1 Å². The second-order valence-corrected chi connectivity index (χ2v) is 10.6. The summed E-state index contributed by atoms with van der Waals surface area (Å²) >= 11 is 1.81. The SMILES string of the molecule is O=C(N[C@H]1CC[C@H](CCN2CCN(c3cccc4sccc34)CC2)CC1)N1CC(F)(F)C1. The minimum atomic E-state index is -2.70. The Bertz CT molecular complexity index is 927. The third-order valence-corrected chi connectivity index (χ3v) is 8.23. The van der Waals surface area contributed by atoms with Gasteiger partial charge in [0.15, 0.2) is 0 Å². The van der Waals surface area contributed by atoms with Crippen LogP contribution < -0.4 is 10.2 Å². The van der Waals surface area contributed by atoms with Crippen LogP contribution >= 0.6 is 11.3 Å². The molecule has 1 N–H and O–H groups in total. The molecule has 0 spiro atoms. The van der Waals surface area contributed by atoms with E-state index in [9.17, 15) is 13.6 Å². The van der Waals surface area contributed by atoms with Gasteiger partial charge in [0.2, 0.25) is 0 Å². The Morgan fingerprint density at radius 3 is 2.53 bits per heavy atom. The van der Waals surface area contributed by atoms with E-state index >= 15 is 0 Å². The fourth-order valence-electron chi connectivity index (χ4n) is 5.35. The van der Waals surface area contributed by atoms with E-state index < -0.39 is 19.0 Å². The maximum atomic E-state index is 12.9. The largest absolute Gasteiger partial charge is 0.368 e. The van der Waals surface area contributed by atoms with E-state index in [4.69, 9.17) is 0 Å². The summed E-state index contributed by atoms with van der Waals surface area (Å²) in [4.78, 5) is 18.4. The number of hydrogen-bond acceptors (Lipinski definition) is 4. The number of carbonyl (C=O) groups is 1. The van der Waals surface area contributed by atoms with Gasteiger partial charge >= 0.3 is 6.03 Å². The quantitative estimate of drug-likeness (QED) is 0.704. The zero-order valence-electron chi connectivity index (χ0n) is 18.4. The monoisotopic (exact) mass is 462 g/mol. The molecule has 0 radical (unpaired) electrons. The Hall–Kier alpha value is -1.93. The molecule has 1 aliphatic carbocycles. The van der Waals surface area contributed by atoms with Crippen LogP contribution in [0.25, 0.3) is 10.1 Å². The highest BCUT2D eigenvalue weighted by Gasteiger charge is 2.46. The van der Waals surface area contributed by atoms with Gasteiger partial charge in [0, 0.05) is 48.0 Å². The number of amides is 2. The second kappa shape index (κ2) is 9.14. The van der Waals surface area contributed by atoms with Crippen LogP contribution in [0.15, 0.2) is 29.6 Å². The third kappa shape index (κ3) is 4.86. The van der Waals surface area contributed by atoms with Gasteiger partial charge in [-0.05, 0) is 68.1 Å². The zero-order valence-corrected chi connectivity index (χ0v) is 19.3. The lowest BCUT2D eigenvalue weighted by molar-refractivity contribution is -0.110. The number of urea groups is 1. The molecule has 2 aliphatic heterocycles. The molecule has 0 bridgehead atoms. The van der Waals surface area contributed by atoms with Crippen molar-refractivity contribution in [2.24, 2.45) is 5.92 Å². The first kappa shape index (κ1) is 21.9. The lowest BCUT2D eigenvalue weighted by Crippen LogP contribution is -2.62. The minimum Gasteiger partial charge on any atom is -0.368 e. The number of alkyl halides is 2. The van der Waals surface area contributed by atoms with Crippen molar-refractivity contribution in [2.75, 3.05) is 50.7 Å². The normalized spacial score (nSPS) is 26.2. The number of rotatable bonds is 5. The van der Waals surface area contributed by atoms with E-state index in [1.54, 1.807) is 11.3 Å². The summed E-state index contributed by atoms with van der Waals surface area (Å²) in [5, 5.41) is 6.50. The van der Waals surface area contributed by atoms with Crippen LogP contribution in [0.2, 0.25) is 0 Å². The Labute approximate surface area is 192 Å². The molecule has 2 saturated heterocycles. The molecular formula is C24H32F2N4OS. The number of piperazine rings is 1. The summed E-state index contributed by atoms with van der Waals surface area (Å²) in [6, 6.07) is 8.66. The molecule has 8 heteroatoms. The maximum Gasteiger partial charge on any atom is 0.318 e. The van der Waals surface area contributed by atoms with Crippen LogP contribution in [0.3, 0.4) is 0 Å². The summed E-state index contributed by atoms with van der Waals surface area (Å²) in [5.74, 6) is -1.99. The Kier molecular flexibility index (Phi) is 6.25. The molecule has 1 saturated carbocycles. The zero-order chi connectivity index (χ0) is 22.1. The first-order valence-corrected chi connectivity index (χ1v) is 12.7. The maximum absolute atomic E-state index is 12.9. The van der Waals surface area contributed by atoms with Crippen LogP contribution in [-0.2, 0) is 0 Å². The van der Waals surface area contributed by atoms with Crippen molar-refractivity contribution < 1.29 is 13.6 Å². The fourth-order valence-corrected chi connectivity index (χ4v) is 6.16. The van der Waals surface area contributed by atoms with Gasteiger partial charge in [0.25, 0.3) is 5.92 Å². The van der Waals surface area contributed by atoms with Crippen molar-refractivity contribution in [3.63, 3.8) is 0 Å². The predicted octanol–water partition coefficient (Wildman–Crippen LogP) is 4.63. The Balaban J connectivity index is 1.01. The average Bonchev–Trinajstić information content (AvgIpc) is 3.26. The van der Waals surface area contributed by atoms with Gasteiger partial charge < -0.3 is 15.1 Å². The van der Waals surface area contributed by atoms with Crippen LogP contribution in [0.5, 0.6) is 0 Å². The number of benzene rings is 1. The molecule has 2 aromatic rings. The van der Waals surface area contributed by atoms with E-state index in [1.165, 1.54) is 27.1 Å². The molecule has 1 aromatic carbocycles. The van der Waals surface area contributed by atoms with Gasteiger partial charge in [-0.1, -0.05) is 6.07 Å². The number of thiophene rings is 1. The number of likely N-dealkylation sites (tertiary alicyclic amines) is 1. The lowest BCUT2D eigenvalue weighted by atomic mass is 9.84. The first-order valence-electron chi connectivity index (χ1n) is 11.8. The van der Waals surface area contributed by atoms with Gasteiger partial charge in [-0.25, -0.2) is 13.6 Å². The summed E-state index contributed by atoms with van der Waals surface area (Å²) in [6.45, 7) is 4.61. The summed E-state index contributed by atoms with van der Waals surface area (Å²) in [6.07, 6.45) is 5.35. The van der Waals surface area contributed by atoms with Crippen molar-refractivity contribution in [1.29, 1.82) is 0 Å². The number of anilines is 1. The highest BCUT2D eigenvalue weighted by molar-refractivity contribution is 7.17. The van der Waals surface area contributed by atoms with E-state index in [1.807, 2.05) is 0 Å². The number of hydrogen-bond donors (Lipinski definition) is 1. The van der Waals surface area contributed by atoms with Crippen molar-refractivity contribution in [3.8, 4) is 0 Å². The molecule has 3 fully saturated rings. The molecule has 1 aromatic heterocycles. The van der Waals surface area contributed by atoms with E-state index in [2.05, 4.69) is 44.8 Å². The van der Waals surface area contributed by atoms with Crippen LogP contribution in [0, 0.1) is 5.92 Å². The van der Waals surface area contributed by atoms with Gasteiger partial charge in [-0.15, -0.1) is 11.3 Å². The standard InChI is InChI=1S/C24H32F2N4OS/c25-24(26)16-30(17-24)23(31)27-19-6-4-18(5-7-19)8-10-28-11-13-29(14-12-28)21-2-1-3-22-20(21)9-15-32-22/h1-3,9,15,18-19H,4-8,10-14,16-17H2,(H,27,31)/t18-,19-. The highest BCUT2D eigenvalue weighted by atomic mass is 32.1. The molecule has 5 rings (SSSR count). The number of carbonyl (C=O) groups excluding carboxylic acids is 1. The van der Waals surface area contributed by atoms with Gasteiger partial charge in [0.05, 0.1) is 13.1 Å². The number of fused-ring (bicyclic) bond motifs is 1. The van der Waals surface area contributed by atoms with Gasteiger partial charge in [0.1, 0.15) is 0 Å². The average molecular weight is 463 g/mol. The number of nitrogens with one attached hydrogen (secondary N) is 1. The van der Waals surface area contributed by atoms with Crippen molar-refractivity contribution >= 4 is 33.1 Å². The molecule has 3 aliphatic rings. The molecule has 3 heterocycles. The third-order valence-electron chi connectivity index (χ3n) is 7.35. The van der Waals surface area contributed by atoms with E-state index in [0.717, 1.165) is 58.4 Å². The van der Waals surface area contributed by atoms with Crippen molar-refractivity contribution in [1.82, 2.24) is 15.1 Å². The molecule has 174 valence electrons. The van der Waals surface area contributed by atoms with Crippen LogP contribution in [0.4, 0.5) is 19.3 Å². The highest BCUT2D eigenvalue weighted by Crippen LogP contribution is 2.32.